The number of carbonyl (C=O) groups is 2. The number of esters is 1. The summed E-state index contributed by atoms with van der Waals surface area (Å²) in [5.41, 5.74) is 1.57. The first-order valence-electron chi connectivity index (χ1n) is 7.84. The lowest BCUT2D eigenvalue weighted by atomic mass is 10.2. The van der Waals surface area contributed by atoms with Gasteiger partial charge in [-0.3, -0.25) is 9.69 Å². The Morgan fingerprint density at radius 2 is 1.83 bits per heavy atom. The van der Waals surface area contributed by atoms with Crippen LogP contribution in [0.1, 0.15) is 6.42 Å². The number of hydrogen-bond acceptors (Lipinski definition) is 6. The molecule has 0 saturated carbocycles. The molecule has 0 aromatic heterocycles. The van der Waals surface area contributed by atoms with Crippen molar-refractivity contribution in [2.24, 2.45) is 0 Å². The molecular weight excluding hydrogens is 298 g/mol. The second kappa shape index (κ2) is 7.43. The highest BCUT2D eigenvalue weighted by Crippen LogP contribution is 2.17. The van der Waals surface area contributed by atoms with Crippen LogP contribution in [0.5, 0.6) is 0 Å². The molecule has 7 nitrogen and oxygen atoms in total. The second-order valence-corrected chi connectivity index (χ2v) is 5.67. The predicted molar refractivity (Wildman–Crippen MR) is 85.3 cm³/mol. The average Bonchev–Trinajstić information content (AvgIpc) is 2.95. The largest absolute Gasteiger partial charge is 0.464 e. The van der Waals surface area contributed by atoms with Crippen molar-refractivity contribution in [2.75, 3.05) is 50.1 Å². The molecule has 0 bridgehead atoms. The monoisotopic (exact) mass is 319 g/mol. The SMILES string of the molecule is O=C(CN1CCOCC1)Nc1ccc(N[C@H]2CCOC2=O)cc1. The summed E-state index contributed by atoms with van der Waals surface area (Å²) >= 11 is 0. The van der Waals surface area contributed by atoms with Crippen LogP contribution < -0.4 is 10.6 Å². The minimum atomic E-state index is -0.281. The first kappa shape index (κ1) is 15.8. The van der Waals surface area contributed by atoms with Gasteiger partial charge in [0.1, 0.15) is 6.04 Å². The van der Waals surface area contributed by atoms with Crippen LogP contribution >= 0.6 is 0 Å². The van der Waals surface area contributed by atoms with Crippen molar-refractivity contribution in [2.45, 2.75) is 12.5 Å². The third kappa shape index (κ3) is 4.43. The maximum absolute atomic E-state index is 12.0. The summed E-state index contributed by atoms with van der Waals surface area (Å²) in [6.45, 7) is 3.76. The van der Waals surface area contributed by atoms with E-state index in [1.54, 1.807) is 0 Å². The van der Waals surface area contributed by atoms with E-state index >= 15 is 0 Å². The molecule has 2 saturated heterocycles. The fourth-order valence-electron chi connectivity index (χ4n) is 2.64. The Hall–Kier alpha value is -2.12. The van der Waals surface area contributed by atoms with E-state index in [1.165, 1.54) is 0 Å². The van der Waals surface area contributed by atoms with E-state index in [9.17, 15) is 9.59 Å². The number of benzene rings is 1. The Labute approximate surface area is 134 Å². The molecule has 2 heterocycles. The molecule has 1 aromatic rings. The smallest absolute Gasteiger partial charge is 0.328 e. The number of carbonyl (C=O) groups excluding carboxylic acids is 2. The normalized spacial score (nSPS) is 21.7. The zero-order valence-corrected chi connectivity index (χ0v) is 12.9. The molecule has 1 amide bonds. The Morgan fingerprint density at radius 1 is 1.13 bits per heavy atom. The Morgan fingerprint density at radius 3 is 2.48 bits per heavy atom. The van der Waals surface area contributed by atoms with Crippen molar-refractivity contribution in [3.8, 4) is 0 Å². The first-order chi connectivity index (χ1) is 11.2. The maximum atomic E-state index is 12.0. The van der Waals surface area contributed by atoms with Crippen molar-refractivity contribution < 1.29 is 19.1 Å². The Balaban J connectivity index is 1.48. The molecule has 1 aromatic carbocycles. The van der Waals surface area contributed by atoms with Crippen molar-refractivity contribution in [3.63, 3.8) is 0 Å². The molecule has 0 unspecified atom stereocenters. The van der Waals surface area contributed by atoms with Gasteiger partial charge in [-0.2, -0.15) is 0 Å². The number of amides is 1. The maximum Gasteiger partial charge on any atom is 0.328 e. The highest BCUT2D eigenvalue weighted by Gasteiger charge is 2.26. The summed E-state index contributed by atoms with van der Waals surface area (Å²) in [6, 6.07) is 7.04. The number of cyclic esters (lactones) is 1. The van der Waals surface area contributed by atoms with Crippen LogP contribution in [0.4, 0.5) is 11.4 Å². The molecular formula is C16H21N3O4. The second-order valence-electron chi connectivity index (χ2n) is 5.67. The van der Waals surface area contributed by atoms with Crippen LogP contribution in [-0.2, 0) is 19.1 Å². The van der Waals surface area contributed by atoms with Gasteiger partial charge in [0.15, 0.2) is 0 Å². The van der Waals surface area contributed by atoms with Gasteiger partial charge >= 0.3 is 5.97 Å². The highest BCUT2D eigenvalue weighted by molar-refractivity contribution is 5.92. The van der Waals surface area contributed by atoms with Crippen molar-refractivity contribution in [1.29, 1.82) is 0 Å². The topological polar surface area (TPSA) is 79.9 Å². The van der Waals surface area contributed by atoms with Gasteiger partial charge in [0.2, 0.25) is 5.91 Å². The van der Waals surface area contributed by atoms with Crippen LogP contribution in [0, 0.1) is 0 Å². The zero-order valence-electron chi connectivity index (χ0n) is 12.9. The number of morpholine rings is 1. The van der Waals surface area contributed by atoms with E-state index in [0.29, 0.717) is 32.8 Å². The fourth-order valence-corrected chi connectivity index (χ4v) is 2.64. The summed E-state index contributed by atoms with van der Waals surface area (Å²) in [5, 5.41) is 6.01. The van der Waals surface area contributed by atoms with Gasteiger partial charge in [0, 0.05) is 30.9 Å². The summed E-state index contributed by atoms with van der Waals surface area (Å²) in [6.07, 6.45) is 0.677. The zero-order chi connectivity index (χ0) is 16.1. The third-order valence-corrected chi connectivity index (χ3v) is 3.92. The number of ether oxygens (including phenoxy) is 2. The Kier molecular flexibility index (Phi) is 5.09. The molecule has 2 aliphatic heterocycles. The standard InChI is InChI=1S/C16H21N3O4/c20-15(11-19-6-9-22-10-7-19)18-13-3-1-12(2-4-13)17-14-5-8-23-16(14)21/h1-4,14,17H,5-11H2,(H,18,20)/t14-/m0/s1. The van der Waals surface area contributed by atoms with Crippen LogP contribution in [0.2, 0.25) is 0 Å². The summed E-state index contributed by atoms with van der Waals surface area (Å²) in [7, 11) is 0. The van der Waals surface area contributed by atoms with Gasteiger partial charge in [0.25, 0.3) is 0 Å². The van der Waals surface area contributed by atoms with Crippen LogP contribution in [0.3, 0.4) is 0 Å². The van der Waals surface area contributed by atoms with E-state index in [-0.39, 0.29) is 17.9 Å². The lowest BCUT2D eigenvalue weighted by Crippen LogP contribution is -2.41. The van der Waals surface area contributed by atoms with Gasteiger partial charge < -0.3 is 20.1 Å². The van der Waals surface area contributed by atoms with E-state index < -0.39 is 0 Å². The summed E-state index contributed by atoms with van der Waals surface area (Å²) in [5.74, 6) is -0.250. The number of nitrogens with one attached hydrogen (secondary N) is 2. The van der Waals surface area contributed by atoms with Crippen LogP contribution in [0.15, 0.2) is 24.3 Å². The molecule has 0 aliphatic carbocycles. The predicted octanol–water partition coefficient (Wildman–Crippen LogP) is 0.685. The van der Waals surface area contributed by atoms with E-state index in [0.717, 1.165) is 24.5 Å². The molecule has 2 aliphatic rings. The van der Waals surface area contributed by atoms with Crippen molar-refractivity contribution in [1.82, 2.24) is 4.90 Å². The molecule has 7 heteroatoms. The van der Waals surface area contributed by atoms with Gasteiger partial charge in [-0.15, -0.1) is 0 Å². The lowest BCUT2D eigenvalue weighted by molar-refractivity contribution is -0.138. The molecule has 0 radical (unpaired) electrons. The van der Waals surface area contributed by atoms with Crippen LogP contribution in [-0.4, -0.2) is 62.3 Å². The van der Waals surface area contributed by atoms with Crippen molar-refractivity contribution >= 4 is 23.3 Å². The summed E-state index contributed by atoms with van der Waals surface area (Å²) < 4.78 is 10.2. The summed E-state index contributed by atoms with van der Waals surface area (Å²) in [4.78, 5) is 25.5. The number of rotatable bonds is 5. The number of hydrogen-bond donors (Lipinski definition) is 2. The minimum Gasteiger partial charge on any atom is -0.464 e. The lowest BCUT2D eigenvalue weighted by Gasteiger charge is -2.25. The van der Waals surface area contributed by atoms with Crippen LogP contribution in [0.25, 0.3) is 0 Å². The quantitative estimate of drug-likeness (QED) is 0.777. The molecule has 3 rings (SSSR count). The van der Waals surface area contributed by atoms with E-state index in [4.69, 9.17) is 9.47 Å². The molecule has 23 heavy (non-hydrogen) atoms. The number of anilines is 2. The van der Waals surface area contributed by atoms with E-state index in [2.05, 4.69) is 15.5 Å². The van der Waals surface area contributed by atoms with Gasteiger partial charge in [0.05, 0.1) is 26.4 Å². The number of nitrogens with zero attached hydrogens (tertiary/aromatic N) is 1. The van der Waals surface area contributed by atoms with E-state index in [1.807, 2.05) is 24.3 Å². The van der Waals surface area contributed by atoms with Gasteiger partial charge in [-0.05, 0) is 24.3 Å². The van der Waals surface area contributed by atoms with Gasteiger partial charge in [-0.1, -0.05) is 0 Å². The molecule has 0 spiro atoms. The fraction of sp³-hybridized carbons (Fsp3) is 0.500. The first-order valence-corrected chi connectivity index (χ1v) is 7.84. The third-order valence-electron chi connectivity index (χ3n) is 3.92. The Bertz CT molecular complexity index is 555. The molecule has 1 atom stereocenters. The molecule has 124 valence electrons. The molecule has 2 fully saturated rings. The van der Waals surface area contributed by atoms with Gasteiger partial charge in [-0.25, -0.2) is 4.79 Å². The average molecular weight is 319 g/mol. The molecule has 2 N–H and O–H groups in total. The highest BCUT2D eigenvalue weighted by atomic mass is 16.5. The van der Waals surface area contributed by atoms with Crippen molar-refractivity contribution in [3.05, 3.63) is 24.3 Å². The minimum absolute atomic E-state index is 0.0352.